The largest absolute Gasteiger partial charge is 0.389 e. The van der Waals surface area contributed by atoms with Gasteiger partial charge in [-0.05, 0) is 45.4 Å². The summed E-state index contributed by atoms with van der Waals surface area (Å²) in [7, 11) is -2.94. The highest BCUT2D eigenvalue weighted by Gasteiger charge is 2.40. The van der Waals surface area contributed by atoms with Crippen LogP contribution < -0.4 is 0 Å². The molecule has 0 radical (unpaired) electrons. The lowest BCUT2D eigenvalue weighted by molar-refractivity contribution is -0.0423. The van der Waals surface area contributed by atoms with E-state index in [2.05, 4.69) is 11.8 Å². The Balaban J connectivity index is 2.00. The van der Waals surface area contributed by atoms with E-state index in [4.69, 9.17) is 0 Å². The number of β-amino-alcohol motifs (C(OH)–C–C–N with tert-alkyl or cyclic N) is 1. The molecule has 0 spiro atoms. The first-order chi connectivity index (χ1) is 8.73. The maximum absolute atomic E-state index is 11.9. The van der Waals surface area contributed by atoms with Gasteiger partial charge in [0.05, 0.1) is 16.6 Å². The van der Waals surface area contributed by atoms with Gasteiger partial charge in [0.2, 0.25) is 0 Å². The molecule has 2 rings (SSSR count). The summed E-state index contributed by atoms with van der Waals surface area (Å²) in [5.41, 5.74) is -0.610. The first-order valence-corrected chi connectivity index (χ1v) is 9.13. The van der Waals surface area contributed by atoms with Gasteiger partial charge in [0.15, 0.2) is 9.84 Å². The lowest BCUT2D eigenvalue weighted by Gasteiger charge is -2.44. The Hall–Kier alpha value is -0.130. The number of nitrogens with zero attached hydrogens (tertiary/aromatic N) is 1. The van der Waals surface area contributed by atoms with Crippen molar-refractivity contribution in [2.75, 3.05) is 18.8 Å². The quantitative estimate of drug-likeness (QED) is 0.835. The summed E-state index contributed by atoms with van der Waals surface area (Å²) >= 11 is 0. The molecule has 2 unspecified atom stereocenters. The average Bonchev–Trinajstić information content (AvgIpc) is 2.35. The highest BCUT2D eigenvalue weighted by atomic mass is 32.2. The molecule has 19 heavy (non-hydrogen) atoms. The zero-order valence-electron chi connectivity index (χ0n) is 12.3. The van der Waals surface area contributed by atoms with Crippen molar-refractivity contribution in [2.24, 2.45) is 5.92 Å². The van der Waals surface area contributed by atoms with E-state index >= 15 is 0 Å². The second-order valence-electron chi connectivity index (χ2n) is 6.69. The summed E-state index contributed by atoms with van der Waals surface area (Å²) in [6.45, 7) is 7.18. The van der Waals surface area contributed by atoms with Crippen LogP contribution in [0.15, 0.2) is 0 Å². The molecule has 0 amide bonds. The molecule has 112 valence electrons. The van der Waals surface area contributed by atoms with E-state index < -0.39 is 15.4 Å². The van der Waals surface area contributed by atoms with Gasteiger partial charge in [-0.3, -0.25) is 4.90 Å². The Bertz CT molecular complexity index is 412. The monoisotopic (exact) mass is 289 g/mol. The molecule has 1 saturated carbocycles. The van der Waals surface area contributed by atoms with Crippen LogP contribution in [0.4, 0.5) is 0 Å². The van der Waals surface area contributed by atoms with Crippen molar-refractivity contribution in [3.63, 3.8) is 0 Å². The number of sulfone groups is 1. The lowest BCUT2D eigenvalue weighted by Crippen LogP contribution is -2.57. The minimum Gasteiger partial charge on any atom is -0.389 e. The molecule has 4 nitrogen and oxygen atoms in total. The van der Waals surface area contributed by atoms with Gasteiger partial charge in [0.25, 0.3) is 0 Å². The first-order valence-electron chi connectivity index (χ1n) is 7.41. The molecule has 1 aliphatic carbocycles. The van der Waals surface area contributed by atoms with Crippen molar-refractivity contribution in [3.05, 3.63) is 0 Å². The van der Waals surface area contributed by atoms with Crippen LogP contribution in [0.5, 0.6) is 0 Å². The first kappa shape index (κ1) is 15.3. The van der Waals surface area contributed by atoms with Gasteiger partial charge in [-0.1, -0.05) is 6.92 Å². The van der Waals surface area contributed by atoms with E-state index in [1.54, 1.807) is 6.92 Å². The Morgan fingerprint density at radius 2 is 1.79 bits per heavy atom. The highest BCUT2D eigenvalue weighted by molar-refractivity contribution is 7.92. The molecule has 1 aliphatic heterocycles. The maximum Gasteiger partial charge on any atom is 0.155 e. The summed E-state index contributed by atoms with van der Waals surface area (Å²) in [5, 5.41) is 10.4. The van der Waals surface area contributed by atoms with Gasteiger partial charge in [0.1, 0.15) is 0 Å². The van der Waals surface area contributed by atoms with Crippen LogP contribution >= 0.6 is 0 Å². The second kappa shape index (κ2) is 5.34. The number of aliphatic hydroxyl groups is 1. The molecule has 0 aromatic rings. The zero-order chi connectivity index (χ0) is 14.3. The number of rotatable bonds is 2. The van der Waals surface area contributed by atoms with E-state index in [-0.39, 0.29) is 17.0 Å². The zero-order valence-corrected chi connectivity index (χ0v) is 13.1. The van der Waals surface area contributed by atoms with E-state index in [0.29, 0.717) is 19.0 Å². The van der Waals surface area contributed by atoms with Crippen molar-refractivity contribution in [1.82, 2.24) is 4.90 Å². The van der Waals surface area contributed by atoms with Crippen LogP contribution in [0.25, 0.3) is 0 Å². The smallest absolute Gasteiger partial charge is 0.155 e. The van der Waals surface area contributed by atoms with Crippen LogP contribution in [0.2, 0.25) is 0 Å². The third-order valence-electron chi connectivity index (χ3n) is 5.19. The SMILES string of the molecule is CC1CCC(O)(CN2CCS(=O)(=O)C(C)C2C)CC1. The van der Waals surface area contributed by atoms with Gasteiger partial charge < -0.3 is 5.11 Å². The van der Waals surface area contributed by atoms with Crippen LogP contribution in [-0.4, -0.2) is 54.2 Å². The lowest BCUT2D eigenvalue weighted by atomic mass is 9.79. The van der Waals surface area contributed by atoms with E-state index in [0.717, 1.165) is 25.7 Å². The third-order valence-corrected chi connectivity index (χ3v) is 7.47. The summed E-state index contributed by atoms with van der Waals surface area (Å²) in [5.74, 6) is 0.934. The predicted octanol–water partition coefficient (Wildman–Crippen LogP) is 1.44. The molecule has 0 aromatic heterocycles. The minimum absolute atomic E-state index is 0.00197. The summed E-state index contributed by atoms with van der Waals surface area (Å²) in [4.78, 5) is 2.17. The predicted molar refractivity (Wildman–Crippen MR) is 76.9 cm³/mol. The fourth-order valence-corrected chi connectivity index (χ4v) is 4.92. The van der Waals surface area contributed by atoms with Crippen LogP contribution in [0.1, 0.15) is 46.5 Å². The van der Waals surface area contributed by atoms with Crippen LogP contribution in [0, 0.1) is 5.92 Å². The second-order valence-corrected chi connectivity index (χ2v) is 9.17. The van der Waals surface area contributed by atoms with Crippen LogP contribution in [-0.2, 0) is 9.84 Å². The Kier molecular flexibility index (Phi) is 4.29. The molecule has 2 atom stereocenters. The molecule has 2 fully saturated rings. The molecule has 2 aliphatic rings. The third kappa shape index (κ3) is 3.31. The Morgan fingerprint density at radius 1 is 1.21 bits per heavy atom. The number of hydrogen-bond donors (Lipinski definition) is 1. The topological polar surface area (TPSA) is 57.6 Å². The highest BCUT2D eigenvalue weighted by Crippen LogP contribution is 2.33. The van der Waals surface area contributed by atoms with Gasteiger partial charge in [-0.2, -0.15) is 0 Å². The summed E-state index contributed by atoms with van der Waals surface area (Å²) in [6.07, 6.45) is 3.84. The molecule has 5 heteroatoms. The molecule has 0 bridgehead atoms. The van der Waals surface area contributed by atoms with Gasteiger partial charge in [-0.15, -0.1) is 0 Å². The van der Waals surface area contributed by atoms with Crippen LogP contribution in [0.3, 0.4) is 0 Å². The van der Waals surface area contributed by atoms with Crippen molar-refractivity contribution in [2.45, 2.75) is 63.3 Å². The van der Waals surface area contributed by atoms with Crippen molar-refractivity contribution in [3.8, 4) is 0 Å². The van der Waals surface area contributed by atoms with Crippen molar-refractivity contribution >= 4 is 9.84 Å². The van der Waals surface area contributed by atoms with E-state index in [1.165, 1.54) is 0 Å². The maximum atomic E-state index is 11.9. The molecule has 1 saturated heterocycles. The number of hydrogen-bond acceptors (Lipinski definition) is 4. The normalized spacial score (nSPS) is 44.1. The van der Waals surface area contributed by atoms with Gasteiger partial charge in [-0.25, -0.2) is 8.42 Å². The molecular weight excluding hydrogens is 262 g/mol. The van der Waals surface area contributed by atoms with Gasteiger partial charge in [0, 0.05) is 19.1 Å². The molecule has 0 aromatic carbocycles. The van der Waals surface area contributed by atoms with Crippen molar-refractivity contribution in [1.29, 1.82) is 0 Å². The molecule has 1 N–H and O–H groups in total. The van der Waals surface area contributed by atoms with Crippen molar-refractivity contribution < 1.29 is 13.5 Å². The molecule has 1 heterocycles. The fourth-order valence-electron chi connectivity index (χ4n) is 3.29. The average molecular weight is 289 g/mol. The molecular formula is C14H27NO3S. The Labute approximate surface area is 117 Å². The summed E-state index contributed by atoms with van der Waals surface area (Å²) in [6, 6.07) is 0.00197. The summed E-state index contributed by atoms with van der Waals surface area (Å²) < 4.78 is 23.7. The van der Waals surface area contributed by atoms with E-state index in [1.807, 2.05) is 6.92 Å². The Morgan fingerprint density at radius 3 is 2.37 bits per heavy atom. The standard InChI is InChI=1S/C14H27NO3S/c1-11-4-6-14(16,7-5-11)10-15-8-9-19(17,18)13(3)12(15)2/h11-13,16H,4-10H2,1-3H3. The fraction of sp³-hybridized carbons (Fsp3) is 1.00. The van der Waals surface area contributed by atoms with Gasteiger partial charge >= 0.3 is 0 Å². The van der Waals surface area contributed by atoms with E-state index in [9.17, 15) is 13.5 Å². The minimum atomic E-state index is -2.94.